The van der Waals surface area contributed by atoms with Crippen molar-refractivity contribution in [2.45, 2.75) is 12.7 Å². The van der Waals surface area contributed by atoms with Crippen molar-refractivity contribution < 1.29 is 28.8 Å². The van der Waals surface area contributed by atoms with E-state index in [2.05, 4.69) is 0 Å². The first-order valence-corrected chi connectivity index (χ1v) is 7.41. The first-order valence-electron chi connectivity index (χ1n) is 7.41. The van der Waals surface area contributed by atoms with E-state index in [1.807, 2.05) is 0 Å². The molecule has 3 rings (SSSR count). The van der Waals surface area contributed by atoms with Crippen LogP contribution in [0, 0.1) is 10.1 Å². The fourth-order valence-electron chi connectivity index (χ4n) is 2.59. The normalized spacial score (nSPS) is 14.7. The smallest absolute Gasteiger partial charge is 0.282 e. The molecule has 1 aliphatic rings. The zero-order chi connectivity index (χ0) is 18.0. The third kappa shape index (κ3) is 3.28. The van der Waals surface area contributed by atoms with Crippen LogP contribution in [-0.2, 0) is 11.3 Å². The molecule has 2 heterocycles. The number of nitrogens with zero attached hydrogens (tertiary/aromatic N) is 2. The lowest BCUT2D eigenvalue weighted by Crippen LogP contribution is -2.38. The maximum absolute atomic E-state index is 12.4. The topological polar surface area (TPSA) is 123 Å². The van der Waals surface area contributed by atoms with Crippen molar-refractivity contribution >= 4 is 17.5 Å². The highest BCUT2D eigenvalue weighted by Gasteiger charge is 2.41. The molecule has 1 N–H and O–H groups in total. The molecule has 9 heteroatoms. The van der Waals surface area contributed by atoms with E-state index in [9.17, 15) is 24.8 Å². The molecule has 25 heavy (non-hydrogen) atoms. The Hall–Kier alpha value is -3.04. The largest absolute Gasteiger partial charge is 0.467 e. The molecule has 0 spiro atoms. The second-order valence-electron chi connectivity index (χ2n) is 5.43. The summed E-state index contributed by atoms with van der Waals surface area (Å²) in [6, 6.07) is 7.25. The van der Waals surface area contributed by atoms with Gasteiger partial charge in [-0.2, -0.15) is 0 Å². The maximum atomic E-state index is 12.4. The van der Waals surface area contributed by atoms with Gasteiger partial charge < -0.3 is 14.3 Å². The Morgan fingerprint density at radius 3 is 2.72 bits per heavy atom. The average molecular weight is 346 g/mol. The fourth-order valence-corrected chi connectivity index (χ4v) is 2.59. The van der Waals surface area contributed by atoms with Gasteiger partial charge >= 0.3 is 0 Å². The van der Waals surface area contributed by atoms with Gasteiger partial charge in [-0.3, -0.25) is 24.6 Å². The van der Waals surface area contributed by atoms with Crippen molar-refractivity contribution in [2.75, 3.05) is 13.2 Å². The third-order valence-electron chi connectivity index (χ3n) is 3.70. The van der Waals surface area contributed by atoms with Crippen LogP contribution in [0.1, 0.15) is 26.5 Å². The first-order chi connectivity index (χ1) is 12.0. The molecule has 0 fully saturated rings. The summed E-state index contributed by atoms with van der Waals surface area (Å²) in [5.74, 6) is -0.894. The highest BCUT2D eigenvalue weighted by atomic mass is 16.6. The SMILES string of the molecule is O=C1c2cccc([N+](=O)[O-])c2C(=O)N1CC(O)COCc1ccco1. The van der Waals surface area contributed by atoms with E-state index in [0.717, 1.165) is 11.0 Å². The van der Waals surface area contributed by atoms with Crippen LogP contribution in [0.3, 0.4) is 0 Å². The van der Waals surface area contributed by atoms with Gasteiger partial charge in [0, 0.05) is 6.07 Å². The number of amides is 2. The average Bonchev–Trinajstić information content (AvgIpc) is 3.18. The fraction of sp³-hybridized carbons (Fsp3) is 0.250. The lowest BCUT2D eigenvalue weighted by atomic mass is 10.1. The number of furan rings is 1. The number of fused-ring (bicyclic) bond motifs is 1. The Morgan fingerprint density at radius 1 is 1.24 bits per heavy atom. The number of carbonyl (C=O) groups excluding carboxylic acids is 2. The summed E-state index contributed by atoms with van der Waals surface area (Å²) in [6.45, 7) is -0.310. The van der Waals surface area contributed by atoms with Gasteiger partial charge in [0.1, 0.15) is 17.9 Å². The Morgan fingerprint density at radius 2 is 2.04 bits per heavy atom. The summed E-state index contributed by atoms with van der Waals surface area (Å²) < 4.78 is 10.3. The molecule has 2 amide bonds. The number of benzene rings is 1. The first kappa shape index (κ1) is 16.8. The minimum absolute atomic E-state index is 0.0390. The summed E-state index contributed by atoms with van der Waals surface area (Å²) >= 11 is 0. The van der Waals surface area contributed by atoms with E-state index in [4.69, 9.17) is 9.15 Å². The maximum Gasteiger partial charge on any atom is 0.282 e. The van der Waals surface area contributed by atoms with Crippen LogP contribution >= 0.6 is 0 Å². The van der Waals surface area contributed by atoms with E-state index in [-0.39, 0.29) is 30.9 Å². The summed E-state index contributed by atoms with van der Waals surface area (Å²) in [5.41, 5.74) is -0.717. The Bertz CT molecular complexity index is 816. The second-order valence-corrected chi connectivity index (χ2v) is 5.43. The predicted molar refractivity (Wildman–Crippen MR) is 82.8 cm³/mol. The summed E-state index contributed by atoms with van der Waals surface area (Å²) in [6.07, 6.45) is 0.358. The number of hydrogen-bond donors (Lipinski definition) is 1. The second kappa shape index (κ2) is 6.83. The van der Waals surface area contributed by atoms with Gasteiger partial charge in [0.25, 0.3) is 17.5 Å². The Labute approximate surface area is 141 Å². The van der Waals surface area contributed by atoms with Gasteiger partial charge in [0.15, 0.2) is 0 Å². The number of β-amino-alcohol motifs (C(OH)–C–C–N with tert-alkyl or cyclic N) is 1. The van der Waals surface area contributed by atoms with Crippen LogP contribution in [-0.4, -0.2) is 46.0 Å². The van der Waals surface area contributed by atoms with Gasteiger partial charge in [0.2, 0.25) is 0 Å². The molecule has 0 saturated carbocycles. The number of carbonyl (C=O) groups is 2. The van der Waals surface area contributed by atoms with Crippen molar-refractivity contribution in [3.05, 3.63) is 63.6 Å². The van der Waals surface area contributed by atoms with Gasteiger partial charge in [-0.15, -0.1) is 0 Å². The number of nitro groups is 1. The number of rotatable bonds is 7. The number of aliphatic hydroxyl groups is 1. The van der Waals surface area contributed by atoms with Crippen LogP contribution in [0.5, 0.6) is 0 Å². The molecule has 0 saturated heterocycles. The zero-order valence-electron chi connectivity index (χ0n) is 13.0. The van der Waals surface area contributed by atoms with Crippen molar-refractivity contribution in [1.29, 1.82) is 0 Å². The number of aliphatic hydroxyl groups excluding tert-OH is 1. The van der Waals surface area contributed by atoms with E-state index >= 15 is 0 Å². The highest BCUT2D eigenvalue weighted by molar-refractivity contribution is 6.23. The highest BCUT2D eigenvalue weighted by Crippen LogP contribution is 2.30. The molecule has 0 radical (unpaired) electrons. The van der Waals surface area contributed by atoms with E-state index in [0.29, 0.717) is 5.76 Å². The molecule has 2 aromatic rings. The zero-order valence-corrected chi connectivity index (χ0v) is 13.0. The van der Waals surface area contributed by atoms with Crippen molar-refractivity contribution in [1.82, 2.24) is 4.90 Å². The minimum Gasteiger partial charge on any atom is -0.467 e. The standard InChI is InChI=1S/C16H14N2O7/c19-10(8-24-9-11-3-2-6-25-11)7-17-15(20)12-4-1-5-13(18(22)23)14(12)16(17)21/h1-6,10,19H,7-9H2. The van der Waals surface area contributed by atoms with Crippen molar-refractivity contribution in [3.8, 4) is 0 Å². The van der Waals surface area contributed by atoms with Gasteiger partial charge in [-0.25, -0.2) is 0 Å². The molecule has 0 aliphatic carbocycles. The molecular formula is C16H14N2O7. The van der Waals surface area contributed by atoms with Gasteiger partial charge in [-0.1, -0.05) is 6.07 Å². The van der Waals surface area contributed by atoms with Crippen LogP contribution in [0.15, 0.2) is 41.0 Å². The molecule has 0 bridgehead atoms. The molecule has 1 unspecified atom stereocenters. The Balaban J connectivity index is 1.65. The molecular weight excluding hydrogens is 332 g/mol. The summed E-state index contributed by atoms with van der Waals surface area (Å²) in [5, 5.41) is 21.0. The third-order valence-corrected chi connectivity index (χ3v) is 3.70. The number of ether oxygens (including phenoxy) is 1. The van der Waals surface area contributed by atoms with Gasteiger partial charge in [-0.05, 0) is 18.2 Å². The van der Waals surface area contributed by atoms with E-state index in [1.54, 1.807) is 12.1 Å². The number of imide groups is 1. The summed E-state index contributed by atoms with van der Waals surface area (Å²) in [7, 11) is 0. The van der Waals surface area contributed by atoms with Crippen molar-refractivity contribution in [2.24, 2.45) is 0 Å². The molecule has 130 valence electrons. The van der Waals surface area contributed by atoms with Crippen LogP contribution in [0.25, 0.3) is 0 Å². The minimum atomic E-state index is -1.13. The van der Waals surface area contributed by atoms with Crippen LogP contribution < -0.4 is 0 Å². The molecule has 9 nitrogen and oxygen atoms in total. The molecule has 1 atom stereocenters. The monoisotopic (exact) mass is 346 g/mol. The predicted octanol–water partition coefficient (Wildman–Crippen LogP) is 1.36. The van der Waals surface area contributed by atoms with E-state index < -0.39 is 28.5 Å². The van der Waals surface area contributed by atoms with Crippen LogP contribution in [0.2, 0.25) is 0 Å². The quantitative estimate of drug-likeness (QED) is 0.456. The molecule has 1 aromatic carbocycles. The molecule has 1 aliphatic heterocycles. The molecule has 1 aromatic heterocycles. The lowest BCUT2D eigenvalue weighted by molar-refractivity contribution is -0.385. The van der Waals surface area contributed by atoms with Crippen LogP contribution in [0.4, 0.5) is 5.69 Å². The Kier molecular flexibility index (Phi) is 4.59. The summed E-state index contributed by atoms with van der Waals surface area (Å²) in [4.78, 5) is 35.8. The van der Waals surface area contributed by atoms with Crippen molar-refractivity contribution in [3.63, 3.8) is 0 Å². The lowest BCUT2D eigenvalue weighted by Gasteiger charge is -2.18. The number of hydrogen-bond acceptors (Lipinski definition) is 7. The number of nitro benzene ring substituents is 1. The van der Waals surface area contributed by atoms with Gasteiger partial charge in [0.05, 0.1) is 36.0 Å². The van der Waals surface area contributed by atoms with E-state index in [1.165, 1.54) is 18.4 Å².